The van der Waals surface area contributed by atoms with E-state index in [0.717, 1.165) is 11.0 Å². The van der Waals surface area contributed by atoms with E-state index in [0.29, 0.717) is 49.3 Å². The molecule has 0 bridgehead atoms. The van der Waals surface area contributed by atoms with Crippen molar-refractivity contribution >= 4 is 39.4 Å². The molecule has 2 aliphatic heterocycles. The van der Waals surface area contributed by atoms with Crippen LogP contribution < -0.4 is 10.2 Å². The number of ether oxygens (including phenoxy) is 1. The highest BCUT2D eigenvalue weighted by atomic mass is 32.2. The first-order chi connectivity index (χ1) is 21.2. The number of halogens is 3. The highest BCUT2D eigenvalue weighted by Gasteiger charge is 2.48. The van der Waals surface area contributed by atoms with Gasteiger partial charge in [0, 0.05) is 50.0 Å². The van der Waals surface area contributed by atoms with E-state index in [-0.39, 0.29) is 75.8 Å². The Bertz CT molecular complexity index is 1380. The molecule has 1 spiro atoms. The van der Waals surface area contributed by atoms with Crippen molar-refractivity contribution in [3.05, 3.63) is 34.7 Å². The summed E-state index contributed by atoms with van der Waals surface area (Å²) in [6.07, 6.45) is -0.101. The first-order valence-electron chi connectivity index (χ1n) is 15.5. The third-order valence-electron chi connectivity index (χ3n) is 9.04. The minimum absolute atomic E-state index is 0.00286. The summed E-state index contributed by atoms with van der Waals surface area (Å²) in [7, 11) is -3.78. The van der Waals surface area contributed by atoms with Crippen LogP contribution in [-0.4, -0.2) is 86.6 Å². The van der Waals surface area contributed by atoms with Gasteiger partial charge in [-0.2, -0.15) is 17.5 Å². The number of aliphatic imine (C=N–C) groups is 1. The van der Waals surface area contributed by atoms with Crippen molar-refractivity contribution in [3.8, 4) is 0 Å². The topological polar surface area (TPSA) is 129 Å². The molecule has 0 unspecified atom stereocenters. The van der Waals surface area contributed by atoms with Crippen LogP contribution in [-0.2, 0) is 24.3 Å². The standard InChI is InChI=1S/C31H43F3N4O6S/c1-22-21-27(38(23(2)40)16-18-44-19-17-39)8-7-25(22)10-20-45(42,43)37-14-12-30(13-15-37)29(41)35-28(36-30)26-5-3-24(4-6-26)9-11-31(32,33)34/h7-8,10,20-21,24,26,39H,3-6,9,11-19H2,1-2H3,(H,35,36,41)/b20-10+. The smallest absolute Gasteiger partial charge is 0.389 e. The predicted molar refractivity (Wildman–Crippen MR) is 165 cm³/mol. The largest absolute Gasteiger partial charge is 0.394 e. The van der Waals surface area contributed by atoms with Crippen LogP contribution in [0.1, 0.15) is 69.4 Å². The molecule has 45 heavy (non-hydrogen) atoms. The molecule has 2 N–H and O–H groups in total. The number of nitrogens with zero attached hydrogens (tertiary/aromatic N) is 3. The number of alkyl halides is 3. The number of rotatable bonds is 12. The number of aryl methyl sites for hydroxylation is 1. The maximum atomic E-state index is 13.2. The summed E-state index contributed by atoms with van der Waals surface area (Å²) < 4.78 is 70.8. The highest BCUT2D eigenvalue weighted by Crippen LogP contribution is 2.38. The third kappa shape index (κ3) is 9.14. The molecule has 1 aromatic rings. The molecule has 1 aromatic carbocycles. The Balaban J connectivity index is 1.33. The quantitative estimate of drug-likeness (QED) is 0.325. The molecule has 14 heteroatoms. The van der Waals surface area contributed by atoms with Crippen molar-refractivity contribution in [1.82, 2.24) is 9.62 Å². The average Bonchev–Trinajstić information content (AvgIpc) is 3.30. The first kappa shape index (κ1) is 35.1. The molecule has 4 rings (SSSR count). The van der Waals surface area contributed by atoms with Crippen molar-refractivity contribution < 1.29 is 41.0 Å². The van der Waals surface area contributed by atoms with E-state index >= 15 is 0 Å². The number of piperidine rings is 1. The van der Waals surface area contributed by atoms with E-state index in [1.165, 1.54) is 17.3 Å². The van der Waals surface area contributed by atoms with Gasteiger partial charge < -0.3 is 20.1 Å². The van der Waals surface area contributed by atoms with Gasteiger partial charge in [0.15, 0.2) is 0 Å². The zero-order chi connectivity index (χ0) is 32.8. The van der Waals surface area contributed by atoms with Gasteiger partial charge in [-0.1, -0.05) is 6.07 Å². The molecule has 10 nitrogen and oxygen atoms in total. The number of anilines is 1. The van der Waals surface area contributed by atoms with Gasteiger partial charge in [0.1, 0.15) is 11.4 Å². The Morgan fingerprint density at radius 1 is 1.20 bits per heavy atom. The van der Waals surface area contributed by atoms with Crippen LogP contribution in [0.25, 0.3) is 6.08 Å². The number of carbonyl (C=O) groups excluding carboxylic acids is 2. The predicted octanol–water partition coefficient (Wildman–Crippen LogP) is 4.17. The zero-order valence-electron chi connectivity index (χ0n) is 25.8. The number of carbonyl (C=O) groups is 2. The number of sulfonamides is 1. The van der Waals surface area contributed by atoms with Gasteiger partial charge in [-0.25, -0.2) is 8.42 Å². The fourth-order valence-electron chi connectivity index (χ4n) is 6.33. The molecule has 0 atom stereocenters. The molecule has 2 amide bonds. The molecule has 1 aliphatic carbocycles. The van der Waals surface area contributed by atoms with Gasteiger partial charge in [-0.3, -0.25) is 14.6 Å². The van der Waals surface area contributed by atoms with Gasteiger partial charge in [0.05, 0.1) is 19.8 Å². The van der Waals surface area contributed by atoms with Gasteiger partial charge in [0.25, 0.3) is 5.91 Å². The fourth-order valence-corrected chi connectivity index (χ4v) is 7.51. The van der Waals surface area contributed by atoms with Crippen molar-refractivity contribution in [1.29, 1.82) is 0 Å². The van der Waals surface area contributed by atoms with E-state index in [1.54, 1.807) is 23.1 Å². The highest BCUT2D eigenvalue weighted by molar-refractivity contribution is 7.92. The van der Waals surface area contributed by atoms with E-state index in [9.17, 15) is 31.2 Å². The molecule has 250 valence electrons. The van der Waals surface area contributed by atoms with Gasteiger partial charge in [-0.15, -0.1) is 0 Å². The normalized spacial score (nSPS) is 22.5. The number of nitrogens with one attached hydrogen (secondary N) is 1. The van der Waals surface area contributed by atoms with Crippen LogP contribution in [0, 0.1) is 18.8 Å². The van der Waals surface area contributed by atoms with Crippen LogP contribution in [0.5, 0.6) is 0 Å². The molecular weight excluding hydrogens is 613 g/mol. The monoisotopic (exact) mass is 656 g/mol. The van der Waals surface area contributed by atoms with Crippen LogP contribution in [0.2, 0.25) is 0 Å². The van der Waals surface area contributed by atoms with Crippen LogP contribution in [0.15, 0.2) is 28.6 Å². The molecular formula is C31H43F3N4O6S. The number of hydrogen-bond donors (Lipinski definition) is 2. The summed E-state index contributed by atoms with van der Waals surface area (Å²) in [5, 5.41) is 12.9. The number of aliphatic hydroxyl groups is 1. The molecule has 3 aliphatic rings. The van der Waals surface area contributed by atoms with Gasteiger partial charge >= 0.3 is 6.18 Å². The molecule has 0 radical (unpaired) electrons. The summed E-state index contributed by atoms with van der Waals surface area (Å²) in [6, 6.07) is 5.28. The summed E-state index contributed by atoms with van der Waals surface area (Å²) in [6.45, 7) is 4.18. The van der Waals surface area contributed by atoms with Crippen LogP contribution in [0.4, 0.5) is 18.9 Å². The third-order valence-corrected chi connectivity index (χ3v) is 10.6. The molecule has 1 saturated carbocycles. The van der Waals surface area contributed by atoms with Crippen molar-refractivity contribution in [2.75, 3.05) is 44.4 Å². The second-order valence-electron chi connectivity index (χ2n) is 12.1. The van der Waals surface area contributed by atoms with E-state index < -0.39 is 28.2 Å². The second-order valence-corrected chi connectivity index (χ2v) is 14.0. The number of aliphatic hydroxyl groups excluding tert-OH is 1. The lowest BCUT2D eigenvalue weighted by atomic mass is 9.79. The Morgan fingerprint density at radius 2 is 1.89 bits per heavy atom. The van der Waals surface area contributed by atoms with Crippen molar-refractivity contribution in [3.63, 3.8) is 0 Å². The maximum absolute atomic E-state index is 13.2. The molecule has 2 fully saturated rings. The van der Waals surface area contributed by atoms with Crippen LogP contribution in [0.3, 0.4) is 0 Å². The second kappa shape index (κ2) is 14.7. The summed E-state index contributed by atoms with van der Waals surface area (Å²) in [4.78, 5) is 31.5. The first-order valence-corrected chi connectivity index (χ1v) is 17.0. The van der Waals surface area contributed by atoms with Crippen molar-refractivity contribution in [2.24, 2.45) is 16.8 Å². The maximum Gasteiger partial charge on any atom is 0.389 e. The van der Waals surface area contributed by atoms with Gasteiger partial charge in [-0.05, 0) is 87.1 Å². The average molecular weight is 657 g/mol. The summed E-state index contributed by atoms with van der Waals surface area (Å²) in [5.41, 5.74) is 1.08. The molecule has 1 saturated heterocycles. The van der Waals surface area contributed by atoms with E-state index in [2.05, 4.69) is 5.32 Å². The summed E-state index contributed by atoms with van der Waals surface area (Å²) >= 11 is 0. The number of amides is 2. The molecule has 2 heterocycles. The Morgan fingerprint density at radius 3 is 2.49 bits per heavy atom. The SMILES string of the molecule is CC(=O)N(CCOCCO)c1ccc(/C=C/S(=O)(=O)N2CCC3(CC2)N=C(C2CCC(CCC(F)(F)F)CC2)NC3=O)c(C)c1. The number of amidine groups is 1. The molecule has 0 aromatic heterocycles. The minimum Gasteiger partial charge on any atom is -0.394 e. The lowest BCUT2D eigenvalue weighted by Gasteiger charge is -2.34. The van der Waals surface area contributed by atoms with E-state index in [1.807, 2.05) is 6.92 Å². The minimum atomic E-state index is -4.15. The Hall–Kier alpha value is -2.81. The number of hydrogen-bond acceptors (Lipinski definition) is 7. The van der Waals surface area contributed by atoms with Gasteiger partial charge in [0.2, 0.25) is 15.9 Å². The van der Waals surface area contributed by atoms with Crippen LogP contribution >= 0.6 is 0 Å². The fraction of sp³-hybridized carbons (Fsp3) is 0.645. The Labute approximate surface area is 262 Å². The lowest BCUT2D eigenvalue weighted by molar-refractivity contribution is -0.138. The zero-order valence-corrected chi connectivity index (χ0v) is 26.6. The Kier molecular flexibility index (Phi) is 11.5. The van der Waals surface area contributed by atoms with E-state index in [4.69, 9.17) is 14.8 Å². The lowest BCUT2D eigenvalue weighted by Crippen LogP contribution is -2.50. The van der Waals surface area contributed by atoms with Crippen molar-refractivity contribution in [2.45, 2.75) is 76.9 Å². The number of benzene rings is 1. The summed E-state index contributed by atoms with van der Waals surface area (Å²) in [5.74, 6) is 0.202.